The van der Waals surface area contributed by atoms with Crippen LogP contribution in [0.25, 0.3) is 0 Å². The van der Waals surface area contributed by atoms with E-state index in [0.717, 1.165) is 24.8 Å². The lowest BCUT2D eigenvalue weighted by Gasteiger charge is -2.40. The third-order valence-corrected chi connectivity index (χ3v) is 4.25. The number of rotatable bonds is 4. The van der Waals surface area contributed by atoms with Crippen molar-refractivity contribution in [2.75, 3.05) is 13.1 Å². The summed E-state index contributed by atoms with van der Waals surface area (Å²) in [6.07, 6.45) is 6.31. The van der Waals surface area contributed by atoms with Crippen LogP contribution in [0.2, 0.25) is 0 Å². The number of carbonyl (C=O) groups is 2. The first-order valence-electron chi connectivity index (χ1n) is 7.09. The summed E-state index contributed by atoms with van der Waals surface area (Å²) in [5.41, 5.74) is 0.393. The highest BCUT2D eigenvalue weighted by molar-refractivity contribution is 5.98. The fraction of sp³-hybridized carbons (Fsp3) is 0.533. The van der Waals surface area contributed by atoms with Crippen molar-refractivity contribution in [1.82, 2.24) is 15.2 Å². The summed E-state index contributed by atoms with van der Waals surface area (Å²) in [5, 5.41) is 2.89. The minimum Gasteiger partial charge on any atom is -0.340 e. The van der Waals surface area contributed by atoms with Gasteiger partial charge in [-0.3, -0.25) is 14.6 Å². The lowest BCUT2D eigenvalue weighted by atomic mass is 9.91. The Balaban J connectivity index is 1.69. The predicted octanol–water partition coefficient (Wildman–Crippen LogP) is 0.751. The van der Waals surface area contributed by atoms with Crippen molar-refractivity contribution < 1.29 is 9.59 Å². The monoisotopic (exact) mass is 273 g/mol. The second kappa shape index (κ2) is 4.89. The van der Waals surface area contributed by atoms with E-state index in [0.29, 0.717) is 12.5 Å². The largest absolute Gasteiger partial charge is 0.340 e. The molecule has 5 nitrogen and oxygen atoms in total. The highest BCUT2D eigenvalue weighted by Gasteiger charge is 2.52. The summed E-state index contributed by atoms with van der Waals surface area (Å²) in [4.78, 5) is 30.2. The van der Waals surface area contributed by atoms with Gasteiger partial charge in [-0.15, -0.1) is 0 Å². The molecule has 1 aliphatic carbocycles. The Morgan fingerprint density at radius 3 is 2.90 bits per heavy atom. The summed E-state index contributed by atoms with van der Waals surface area (Å²) in [7, 11) is 0. The van der Waals surface area contributed by atoms with Crippen LogP contribution < -0.4 is 5.32 Å². The zero-order chi connectivity index (χ0) is 14.2. The topological polar surface area (TPSA) is 62.3 Å². The first-order chi connectivity index (χ1) is 9.59. The number of nitrogens with one attached hydrogen (secondary N) is 1. The molecule has 1 unspecified atom stereocenters. The number of piperazine rings is 1. The van der Waals surface area contributed by atoms with Gasteiger partial charge in [0.2, 0.25) is 11.8 Å². The number of nitrogens with zero attached hydrogens (tertiary/aromatic N) is 2. The van der Waals surface area contributed by atoms with Crippen LogP contribution >= 0.6 is 0 Å². The quantitative estimate of drug-likeness (QED) is 0.880. The Labute approximate surface area is 118 Å². The maximum Gasteiger partial charge on any atom is 0.248 e. The Bertz CT molecular complexity index is 527. The number of carbonyl (C=O) groups excluding carboxylic acids is 2. The van der Waals surface area contributed by atoms with Crippen molar-refractivity contribution in [2.45, 2.75) is 31.7 Å². The predicted molar refractivity (Wildman–Crippen MR) is 73.8 cm³/mol. The van der Waals surface area contributed by atoms with E-state index in [9.17, 15) is 9.59 Å². The lowest BCUT2D eigenvalue weighted by molar-refractivity contribution is -0.150. The fourth-order valence-electron chi connectivity index (χ4n) is 2.88. The first-order valence-corrected chi connectivity index (χ1v) is 7.09. The van der Waals surface area contributed by atoms with E-state index in [1.807, 2.05) is 19.1 Å². The highest BCUT2D eigenvalue weighted by Crippen LogP contribution is 2.41. The number of amides is 2. The van der Waals surface area contributed by atoms with Gasteiger partial charge in [-0.25, -0.2) is 0 Å². The van der Waals surface area contributed by atoms with Gasteiger partial charge in [0, 0.05) is 18.9 Å². The molecule has 1 saturated carbocycles. The summed E-state index contributed by atoms with van der Waals surface area (Å²) in [6, 6.07) is 3.87. The molecule has 2 aliphatic rings. The summed E-state index contributed by atoms with van der Waals surface area (Å²) in [6.45, 7) is 2.60. The molecule has 0 bridgehead atoms. The van der Waals surface area contributed by atoms with Gasteiger partial charge in [0.25, 0.3) is 0 Å². The molecule has 20 heavy (non-hydrogen) atoms. The van der Waals surface area contributed by atoms with E-state index in [-0.39, 0.29) is 18.4 Å². The highest BCUT2D eigenvalue weighted by atomic mass is 16.2. The first kappa shape index (κ1) is 13.1. The standard InChI is InChI=1S/C15H19N3O2/c1-15(12-4-5-12)14(20)18(10-13(19)17-15)8-6-11-3-2-7-16-9-11/h2-3,7,9,12H,4-6,8,10H2,1H3,(H,17,19). The molecule has 1 atom stereocenters. The van der Waals surface area contributed by atoms with Crippen molar-refractivity contribution in [2.24, 2.45) is 5.92 Å². The Morgan fingerprint density at radius 2 is 2.25 bits per heavy atom. The summed E-state index contributed by atoms with van der Waals surface area (Å²) >= 11 is 0. The summed E-state index contributed by atoms with van der Waals surface area (Å²) in [5.74, 6) is 0.314. The van der Waals surface area contributed by atoms with Gasteiger partial charge in [0.1, 0.15) is 5.54 Å². The Hall–Kier alpha value is -1.91. The molecule has 0 aromatic carbocycles. The minimum atomic E-state index is -0.690. The van der Waals surface area contributed by atoms with E-state index < -0.39 is 5.54 Å². The van der Waals surface area contributed by atoms with Crippen molar-refractivity contribution in [3.05, 3.63) is 30.1 Å². The minimum absolute atomic E-state index is 0.0508. The fourth-order valence-corrected chi connectivity index (χ4v) is 2.88. The van der Waals surface area contributed by atoms with Crippen molar-refractivity contribution in [3.63, 3.8) is 0 Å². The van der Waals surface area contributed by atoms with E-state index in [1.54, 1.807) is 17.3 Å². The van der Waals surface area contributed by atoms with E-state index in [4.69, 9.17) is 0 Å². The SMILES string of the molecule is CC1(C2CC2)NC(=O)CN(CCc2cccnc2)C1=O. The van der Waals surface area contributed by atoms with Gasteiger partial charge in [-0.1, -0.05) is 6.07 Å². The number of pyridine rings is 1. The van der Waals surface area contributed by atoms with E-state index in [2.05, 4.69) is 10.3 Å². The average molecular weight is 273 g/mol. The molecule has 1 aromatic heterocycles. The van der Waals surface area contributed by atoms with Gasteiger partial charge in [-0.05, 0) is 43.7 Å². The smallest absolute Gasteiger partial charge is 0.248 e. The van der Waals surface area contributed by atoms with Gasteiger partial charge in [-0.2, -0.15) is 0 Å². The van der Waals surface area contributed by atoms with Crippen LogP contribution in [-0.2, 0) is 16.0 Å². The van der Waals surface area contributed by atoms with Crippen molar-refractivity contribution in [1.29, 1.82) is 0 Å². The van der Waals surface area contributed by atoms with Crippen molar-refractivity contribution >= 4 is 11.8 Å². The molecule has 1 N–H and O–H groups in total. The van der Waals surface area contributed by atoms with Crippen molar-refractivity contribution in [3.8, 4) is 0 Å². The van der Waals surface area contributed by atoms with E-state index in [1.165, 1.54) is 0 Å². The second-order valence-electron chi connectivity index (χ2n) is 5.86. The van der Waals surface area contributed by atoms with Crippen LogP contribution in [0.3, 0.4) is 0 Å². The molecular formula is C15H19N3O2. The van der Waals surface area contributed by atoms with E-state index >= 15 is 0 Å². The maximum atomic E-state index is 12.6. The Kier molecular flexibility index (Phi) is 3.20. The molecule has 2 heterocycles. The van der Waals surface area contributed by atoms with Crippen LogP contribution in [0.1, 0.15) is 25.3 Å². The van der Waals surface area contributed by atoms with Gasteiger partial charge in [0.05, 0.1) is 6.54 Å². The third kappa shape index (κ3) is 2.40. The molecule has 2 fully saturated rings. The molecule has 3 rings (SSSR count). The molecule has 1 saturated heterocycles. The molecule has 0 radical (unpaired) electrons. The molecule has 5 heteroatoms. The number of hydrogen-bond donors (Lipinski definition) is 1. The normalized spacial score (nSPS) is 26.6. The van der Waals surface area contributed by atoms with Gasteiger partial charge < -0.3 is 10.2 Å². The zero-order valence-corrected chi connectivity index (χ0v) is 11.6. The lowest BCUT2D eigenvalue weighted by Crippen LogP contribution is -2.66. The molecule has 1 aliphatic heterocycles. The van der Waals surface area contributed by atoms with Crippen LogP contribution in [0.4, 0.5) is 0 Å². The van der Waals surface area contributed by atoms with Crippen LogP contribution in [0, 0.1) is 5.92 Å². The molecule has 2 amide bonds. The number of hydrogen-bond acceptors (Lipinski definition) is 3. The second-order valence-corrected chi connectivity index (χ2v) is 5.86. The number of aromatic nitrogens is 1. The maximum absolute atomic E-state index is 12.6. The molecule has 1 aromatic rings. The van der Waals surface area contributed by atoms with Gasteiger partial charge in [0.15, 0.2) is 0 Å². The molecular weight excluding hydrogens is 254 g/mol. The summed E-state index contributed by atoms with van der Waals surface area (Å²) < 4.78 is 0. The van der Waals surface area contributed by atoms with Crippen LogP contribution in [0.15, 0.2) is 24.5 Å². The zero-order valence-electron chi connectivity index (χ0n) is 11.6. The molecule has 106 valence electrons. The Morgan fingerprint density at radius 1 is 1.45 bits per heavy atom. The average Bonchev–Trinajstić information content (AvgIpc) is 3.27. The van der Waals surface area contributed by atoms with Gasteiger partial charge >= 0.3 is 0 Å². The van der Waals surface area contributed by atoms with Crippen LogP contribution in [0.5, 0.6) is 0 Å². The third-order valence-electron chi connectivity index (χ3n) is 4.25. The molecule has 0 spiro atoms. The van der Waals surface area contributed by atoms with Crippen LogP contribution in [-0.4, -0.2) is 40.3 Å².